The number of hydrogen-bond donors (Lipinski definition) is 2. The molecule has 7 heteroatoms. The predicted molar refractivity (Wildman–Crippen MR) is 105 cm³/mol. The number of ether oxygens (including phenoxy) is 1. The summed E-state index contributed by atoms with van der Waals surface area (Å²) in [4.78, 5) is 27.5. The molecule has 1 amide bonds. The van der Waals surface area contributed by atoms with E-state index >= 15 is 0 Å². The maximum absolute atomic E-state index is 13.9. The van der Waals surface area contributed by atoms with E-state index in [1.807, 2.05) is 12.1 Å². The molecule has 0 spiro atoms. The van der Waals surface area contributed by atoms with Crippen LogP contribution in [-0.2, 0) is 4.79 Å². The molecule has 28 heavy (non-hydrogen) atoms. The van der Waals surface area contributed by atoms with Gasteiger partial charge in [-0.05, 0) is 62.1 Å². The van der Waals surface area contributed by atoms with Gasteiger partial charge in [0.1, 0.15) is 17.1 Å². The molecule has 2 N–H and O–H groups in total. The number of imidazole rings is 1. The lowest BCUT2D eigenvalue weighted by atomic mass is 9.85. The second kappa shape index (κ2) is 7.50. The first-order valence-electron chi connectivity index (χ1n) is 9.40. The molecule has 0 saturated heterocycles. The minimum Gasteiger partial charge on any atom is -0.497 e. The van der Waals surface area contributed by atoms with Gasteiger partial charge in [0, 0.05) is 17.6 Å². The number of halogens is 1. The summed E-state index contributed by atoms with van der Waals surface area (Å²) in [5, 5.41) is 2.94. The standard InChI is InChI=1S/C21H22FN3O3/c1-28-16-11-7-14(8-12-16)23-20(26)13-5-9-15(10-6-13)25-18-4-2-3-17(22)19(18)24-21(25)27/h2-4,7-8,11-13,15H,5-6,9-10H2,1H3,(H,23,26)(H,24,27). The number of carbonyl (C=O) groups excluding carboxylic acids is 1. The average molecular weight is 383 g/mol. The Morgan fingerprint density at radius 1 is 1.14 bits per heavy atom. The number of hydrogen-bond acceptors (Lipinski definition) is 3. The second-order valence-electron chi connectivity index (χ2n) is 7.16. The lowest BCUT2D eigenvalue weighted by Gasteiger charge is -2.28. The molecule has 1 heterocycles. The highest BCUT2D eigenvalue weighted by Gasteiger charge is 2.29. The van der Waals surface area contributed by atoms with Gasteiger partial charge in [-0.3, -0.25) is 9.36 Å². The zero-order valence-electron chi connectivity index (χ0n) is 15.6. The van der Waals surface area contributed by atoms with Crippen LogP contribution in [0.1, 0.15) is 31.7 Å². The van der Waals surface area contributed by atoms with Gasteiger partial charge in [0.25, 0.3) is 0 Å². The Labute approximate surface area is 161 Å². The number of para-hydroxylation sites is 1. The van der Waals surface area contributed by atoms with Gasteiger partial charge in [0.15, 0.2) is 0 Å². The van der Waals surface area contributed by atoms with Crippen molar-refractivity contribution < 1.29 is 13.9 Å². The third kappa shape index (κ3) is 3.40. The monoisotopic (exact) mass is 383 g/mol. The van der Waals surface area contributed by atoms with E-state index in [4.69, 9.17) is 4.74 Å². The minimum absolute atomic E-state index is 0.0130. The van der Waals surface area contributed by atoms with E-state index in [9.17, 15) is 14.0 Å². The SMILES string of the molecule is COc1ccc(NC(=O)C2CCC(n3c(=O)[nH]c4c(F)cccc43)CC2)cc1. The molecule has 3 aromatic rings. The lowest BCUT2D eigenvalue weighted by molar-refractivity contribution is -0.121. The van der Waals surface area contributed by atoms with Gasteiger partial charge in [-0.25, -0.2) is 9.18 Å². The number of carbonyl (C=O) groups is 1. The first-order chi connectivity index (χ1) is 13.6. The molecule has 1 aliphatic rings. The number of fused-ring (bicyclic) bond motifs is 1. The fourth-order valence-electron chi connectivity index (χ4n) is 3.99. The van der Waals surface area contributed by atoms with Crippen LogP contribution in [0.4, 0.5) is 10.1 Å². The Bertz CT molecular complexity index is 1050. The van der Waals surface area contributed by atoms with Crippen LogP contribution in [0.25, 0.3) is 11.0 Å². The maximum Gasteiger partial charge on any atom is 0.326 e. The van der Waals surface area contributed by atoms with Gasteiger partial charge in [-0.15, -0.1) is 0 Å². The molecular formula is C21H22FN3O3. The highest BCUT2D eigenvalue weighted by molar-refractivity contribution is 5.92. The van der Waals surface area contributed by atoms with E-state index in [0.717, 1.165) is 11.4 Å². The number of anilines is 1. The number of amides is 1. The molecule has 4 rings (SSSR count). The molecule has 0 aliphatic heterocycles. The smallest absolute Gasteiger partial charge is 0.326 e. The Kier molecular flexibility index (Phi) is 4.90. The highest BCUT2D eigenvalue weighted by Crippen LogP contribution is 2.34. The number of nitrogens with zero attached hydrogens (tertiary/aromatic N) is 1. The molecule has 1 aromatic heterocycles. The van der Waals surface area contributed by atoms with Gasteiger partial charge in [-0.2, -0.15) is 0 Å². The largest absolute Gasteiger partial charge is 0.497 e. The third-order valence-electron chi connectivity index (χ3n) is 5.49. The number of aromatic nitrogens is 2. The van der Waals surface area contributed by atoms with Crippen LogP contribution in [0.3, 0.4) is 0 Å². The van der Waals surface area contributed by atoms with E-state index in [2.05, 4.69) is 10.3 Å². The summed E-state index contributed by atoms with van der Waals surface area (Å²) in [7, 11) is 1.60. The normalized spacial score (nSPS) is 19.5. The van der Waals surface area contributed by atoms with Crippen molar-refractivity contribution in [1.29, 1.82) is 0 Å². The van der Waals surface area contributed by atoms with E-state index < -0.39 is 5.82 Å². The maximum atomic E-state index is 13.9. The minimum atomic E-state index is -0.430. The lowest BCUT2D eigenvalue weighted by Crippen LogP contribution is -2.31. The van der Waals surface area contributed by atoms with Crippen LogP contribution in [0.5, 0.6) is 5.75 Å². The van der Waals surface area contributed by atoms with Crippen molar-refractivity contribution in [2.24, 2.45) is 5.92 Å². The zero-order chi connectivity index (χ0) is 19.7. The molecule has 0 radical (unpaired) electrons. The Balaban J connectivity index is 1.43. The van der Waals surface area contributed by atoms with E-state index in [-0.39, 0.29) is 29.1 Å². The van der Waals surface area contributed by atoms with Crippen molar-refractivity contribution in [3.05, 3.63) is 58.8 Å². The quantitative estimate of drug-likeness (QED) is 0.719. The van der Waals surface area contributed by atoms with Crippen molar-refractivity contribution in [3.8, 4) is 5.75 Å². The Hall–Kier alpha value is -3.09. The first kappa shape index (κ1) is 18.3. The Morgan fingerprint density at radius 3 is 2.54 bits per heavy atom. The molecule has 0 unspecified atom stereocenters. The van der Waals surface area contributed by atoms with Crippen LogP contribution in [0.15, 0.2) is 47.3 Å². The first-order valence-corrected chi connectivity index (χ1v) is 9.40. The summed E-state index contributed by atoms with van der Waals surface area (Å²) in [5.74, 6) is 0.192. The van der Waals surface area contributed by atoms with Gasteiger partial charge in [0.05, 0.1) is 12.6 Å². The van der Waals surface area contributed by atoms with E-state index in [1.54, 1.807) is 35.9 Å². The number of H-pyrrole nitrogens is 1. The fraction of sp³-hybridized carbons (Fsp3) is 0.333. The highest BCUT2D eigenvalue weighted by atomic mass is 19.1. The molecule has 1 saturated carbocycles. The molecule has 1 fully saturated rings. The molecule has 2 aromatic carbocycles. The molecular weight excluding hydrogens is 361 g/mol. The topological polar surface area (TPSA) is 76.1 Å². The summed E-state index contributed by atoms with van der Waals surface area (Å²) < 4.78 is 20.7. The van der Waals surface area contributed by atoms with E-state index in [0.29, 0.717) is 31.2 Å². The number of aromatic amines is 1. The summed E-state index contributed by atoms with van der Waals surface area (Å²) in [6.07, 6.45) is 2.76. The second-order valence-corrected chi connectivity index (χ2v) is 7.16. The number of rotatable bonds is 4. The van der Waals surface area contributed by atoms with Crippen LogP contribution in [0, 0.1) is 11.7 Å². The molecule has 146 valence electrons. The number of benzene rings is 2. The molecule has 6 nitrogen and oxygen atoms in total. The van der Waals surface area contributed by atoms with Crippen molar-refractivity contribution in [1.82, 2.24) is 9.55 Å². The van der Waals surface area contributed by atoms with E-state index in [1.165, 1.54) is 6.07 Å². The zero-order valence-corrected chi connectivity index (χ0v) is 15.6. The predicted octanol–water partition coefficient (Wildman–Crippen LogP) is 3.85. The van der Waals surface area contributed by atoms with Crippen LogP contribution < -0.4 is 15.7 Å². The van der Waals surface area contributed by atoms with Gasteiger partial charge >= 0.3 is 5.69 Å². The van der Waals surface area contributed by atoms with Crippen LogP contribution in [-0.4, -0.2) is 22.6 Å². The van der Waals surface area contributed by atoms with Crippen molar-refractivity contribution in [2.45, 2.75) is 31.7 Å². The van der Waals surface area contributed by atoms with Gasteiger partial charge in [-0.1, -0.05) is 6.07 Å². The van der Waals surface area contributed by atoms with Crippen LogP contribution >= 0.6 is 0 Å². The third-order valence-corrected chi connectivity index (χ3v) is 5.49. The molecule has 1 aliphatic carbocycles. The summed E-state index contributed by atoms with van der Waals surface area (Å²) in [6, 6.07) is 11.9. The molecule has 0 atom stereocenters. The average Bonchev–Trinajstić information content (AvgIpc) is 3.06. The fourth-order valence-corrected chi connectivity index (χ4v) is 3.99. The number of methoxy groups -OCH3 is 1. The summed E-state index contributed by atoms with van der Waals surface area (Å²) in [5.41, 5.74) is 1.26. The van der Waals surface area contributed by atoms with Crippen molar-refractivity contribution in [3.63, 3.8) is 0 Å². The summed E-state index contributed by atoms with van der Waals surface area (Å²) >= 11 is 0. The summed E-state index contributed by atoms with van der Waals surface area (Å²) in [6.45, 7) is 0. The Morgan fingerprint density at radius 2 is 1.86 bits per heavy atom. The van der Waals surface area contributed by atoms with Crippen molar-refractivity contribution in [2.75, 3.05) is 12.4 Å². The van der Waals surface area contributed by atoms with Crippen molar-refractivity contribution >= 4 is 22.6 Å². The number of nitrogens with one attached hydrogen (secondary N) is 2. The molecule has 0 bridgehead atoms. The van der Waals surface area contributed by atoms with Gasteiger partial charge < -0.3 is 15.0 Å². The van der Waals surface area contributed by atoms with Crippen LogP contribution in [0.2, 0.25) is 0 Å². The van der Waals surface area contributed by atoms with Gasteiger partial charge in [0.2, 0.25) is 5.91 Å².